The molecule has 0 unspecified atom stereocenters. The minimum absolute atomic E-state index is 0.281. The smallest absolute Gasteiger partial charge is 0.187 e. The summed E-state index contributed by atoms with van der Waals surface area (Å²) >= 11 is 4.98. The van der Waals surface area contributed by atoms with Gasteiger partial charge in [0.25, 0.3) is 0 Å². The summed E-state index contributed by atoms with van der Waals surface area (Å²) in [6.07, 6.45) is 3.20. The quantitative estimate of drug-likeness (QED) is 0.386. The molecule has 21 heavy (non-hydrogen) atoms. The summed E-state index contributed by atoms with van der Waals surface area (Å²) in [4.78, 5) is 0. The number of thiocarbonyl (C=S) groups is 1. The number of benzene rings is 1. The van der Waals surface area contributed by atoms with Crippen molar-refractivity contribution < 1.29 is 8.81 Å². The van der Waals surface area contributed by atoms with Gasteiger partial charge in [0.15, 0.2) is 5.11 Å². The molecule has 2 rings (SSSR count). The van der Waals surface area contributed by atoms with E-state index in [0.717, 1.165) is 5.56 Å². The lowest BCUT2D eigenvalue weighted by atomic mass is 10.2. The summed E-state index contributed by atoms with van der Waals surface area (Å²) in [5.41, 5.74) is 3.45. The lowest BCUT2D eigenvalue weighted by Gasteiger charge is -2.02. The third-order valence-corrected chi connectivity index (χ3v) is 2.76. The van der Waals surface area contributed by atoms with Gasteiger partial charge in [0.1, 0.15) is 17.3 Å². The highest BCUT2D eigenvalue weighted by Crippen LogP contribution is 2.21. The Hall–Kier alpha value is -2.47. The molecule has 0 amide bonds. The topological polar surface area (TPSA) is 49.6 Å². The Kier molecular flexibility index (Phi) is 5.22. The Morgan fingerprint density at radius 3 is 2.76 bits per heavy atom. The van der Waals surface area contributed by atoms with Crippen LogP contribution >= 0.6 is 12.2 Å². The number of hydrogen-bond donors (Lipinski definition) is 2. The second-order valence-electron chi connectivity index (χ2n) is 4.08. The van der Waals surface area contributed by atoms with Crippen LogP contribution in [0, 0.1) is 5.82 Å². The molecule has 2 N–H and O–H groups in total. The highest BCUT2D eigenvalue weighted by Gasteiger charge is 2.03. The van der Waals surface area contributed by atoms with Crippen molar-refractivity contribution in [1.82, 2.24) is 10.7 Å². The van der Waals surface area contributed by atoms with Gasteiger partial charge in [0.2, 0.25) is 0 Å². The molecule has 0 radical (unpaired) electrons. The van der Waals surface area contributed by atoms with Gasteiger partial charge in [0, 0.05) is 12.1 Å². The Labute approximate surface area is 127 Å². The molecule has 1 aromatic carbocycles. The van der Waals surface area contributed by atoms with Gasteiger partial charge in [-0.05, 0) is 48.6 Å². The van der Waals surface area contributed by atoms with Crippen LogP contribution in [0.4, 0.5) is 4.39 Å². The third kappa shape index (κ3) is 4.54. The molecule has 0 aliphatic rings. The summed E-state index contributed by atoms with van der Waals surface area (Å²) in [6.45, 7) is 4.14. The maximum Gasteiger partial charge on any atom is 0.187 e. The number of hydrazone groups is 1. The summed E-state index contributed by atoms with van der Waals surface area (Å²) in [5, 5.41) is 7.23. The third-order valence-electron chi connectivity index (χ3n) is 2.52. The van der Waals surface area contributed by atoms with E-state index < -0.39 is 0 Å². The highest BCUT2D eigenvalue weighted by molar-refractivity contribution is 7.80. The Morgan fingerprint density at radius 1 is 1.29 bits per heavy atom. The van der Waals surface area contributed by atoms with Gasteiger partial charge >= 0.3 is 0 Å². The molecule has 0 spiro atoms. The molecule has 6 heteroatoms. The first-order valence-corrected chi connectivity index (χ1v) is 6.63. The molecule has 0 fully saturated rings. The van der Waals surface area contributed by atoms with Gasteiger partial charge in [0.05, 0.1) is 6.21 Å². The van der Waals surface area contributed by atoms with Crippen molar-refractivity contribution in [2.24, 2.45) is 5.10 Å². The van der Waals surface area contributed by atoms with Crippen molar-refractivity contribution in [1.29, 1.82) is 0 Å². The molecule has 0 atom stereocenters. The number of rotatable bonds is 5. The van der Waals surface area contributed by atoms with Crippen LogP contribution in [0.2, 0.25) is 0 Å². The first-order valence-electron chi connectivity index (χ1n) is 6.22. The zero-order chi connectivity index (χ0) is 15.1. The van der Waals surface area contributed by atoms with Crippen molar-refractivity contribution >= 4 is 23.5 Å². The minimum atomic E-state index is -0.281. The normalized spacial score (nSPS) is 10.5. The fourth-order valence-corrected chi connectivity index (χ4v) is 1.69. The van der Waals surface area contributed by atoms with Gasteiger partial charge in [-0.15, -0.1) is 6.58 Å². The minimum Gasteiger partial charge on any atom is -0.455 e. The van der Waals surface area contributed by atoms with E-state index in [9.17, 15) is 4.39 Å². The second-order valence-corrected chi connectivity index (χ2v) is 4.49. The first-order chi connectivity index (χ1) is 10.2. The lowest BCUT2D eigenvalue weighted by molar-refractivity contribution is 0.574. The van der Waals surface area contributed by atoms with Crippen LogP contribution in [-0.2, 0) is 0 Å². The van der Waals surface area contributed by atoms with E-state index >= 15 is 0 Å². The zero-order valence-corrected chi connectivity index (χ0v) is 12.0. The monoisotopic (exact) mass is 303 g/mol. The molecule has 0 saturated heterocycles. The van der Waals surface area contributed by atoms with Crippen LogP contribution in [0.5, 0.6) is 0 Å². The standard InChI is InChI=1S/C15H14FN3OS/c1-2-9-17-15(21)19-18-10-13-7-8-14(20-13)11-3-5-12(16)6-4-11/h2-8,10H,1,9H2,(H2,17,19,21)/b18-10-. The van der Waals surface area contributed by atoms with Crippen molar-refractivity contribution in [3.63, 3.8) is 0 Å². The van der Waals surface area contributed by atoms with Crippen LogP contribution < -0.4 is 10.7 Å². The predicted molar refractivity (Wildman–Crippen MR) is 85.6 cm³/mol. The molecule has 0 bridgehead atoms. The average molecular weight is 303 g/mol. The van der Waals surface area contributed by atoms with Gasteiger partial charge < -0.3 is 9.73 Å². The van der Waals surface area contributed by atoms with Crippen LogP contribution in [0.1, 0.15) is 5.76 Å². The molecular weight excluding hydrogens is 289 g/mol. The Balaban J connectivity index is 1.95. The highest BCUT2D eigenvalue weighted by atomic mass is 32.1. The molecule has 1 aromatic heterocycles. The number of halogens is 1. The van der Waals surface area contributed by atoms with Gasteiger partial charge in [-0.1, -0.05) is 6.08 Å². The first kappa shape index (κ1) is 14.9. The van der Waals surface area contributed by atoms with Crippen LogP contribution in [-0.4, -0.2) is 17.9 Å². The Bertz CT molecular complexity index is 649. The van der Waals surface area contributed by atoms with E-state index in [1.165, 1.54) is 18.3 Å². The summed E-state index contributed by atoms with van der Waals surface area (Å²) in [7, 11) is 0. The molecule has 0 aliphatic heterocycles. The molecule has 108 valence electrons. The largest absolute Gasteiger partial charge is 0.455 e. The summed E-state index contributed by atoms with van der Waals surface area (Å²) < 4.78 is 18.4. The van der Waals surface area contributed by atoms with Gasteiger partial charge in [-0.3, -0.25) is 5.43 Å². The maximum atomic E-state index is 12.9. The number of nitrogens with zero attached hydrogens (tertiary/aromatic N) is 1. The van der Waals surface area contributed by atoms with E-state index in [1.54, 1.807) is 30.3 Å². The molecular formula is C15H14FN3OS. The molecule has 0 saturated carbocycles. The van der Waals surface area contributed by atoms with E-state index in [-0.39, 0.29) is 5.82 Å². The van der Waals surface area contributed by atoms with Gasteiger partial charge in [-0.2, -0.15) is 5.10 Å². The number of furan rings is 1. The van der Waals surface area contributed by atoms with E-state index in [4.69, 9.17) is 16.6 Å². The average Bonchev–Trinajstić information content (AvgIpc) is 2.95. The van der Waals surface area contributed by atoms with Crippen molar-refractivity contribution in [2.45, 2.75) is 0 Å². The second kappa shape index (κ2) is 7.35. The van der Waals surface area contributed by atoms with E-state index in [0.29, 0.717) is 23.2 Å². The number of nitrogens with one attached hydrogen (secondary N) is 2. The van der Waals surface area contributed by atoms with Crippen LogP contribution in [0.25, 0.3) is 11.3 Å². The fourth-order valence-electron chi connectivity index (χ4n) is 1.55. The van der Waals surface area contributed by atoms with Crippen molar-refractivity contribution in [3.8, 4) is 11.3 Å². The predicted octanol–water partition coefficient (Wildman–Crippen LogP) is 3.07. The molecule has 2 aromatic rings. The maximum absolute atomic E-state index is 12.9. The Morgan fingerprint density at radius 2 is 2.05 bits per heavy atom. The molecule has 1 heterocycles. The van der Waals surface area contributed by atoms with E-state index in [1.807, 2.05) is 0 Å². The van der Waals surface area contributed by atoms with Crippen molar-refractivity contribution in [3.05, 3.63) is 60.6 Å². The fraction of sp³-hybridized carbons (Fsp3) is 0.0667. The zero-order valence-electron chi connectivity index (χ0n) is 11.2. The number of hydrogen-bond acceptors (Lipinski definition) is 3. The van der Waals surface area contributed by atoms with E-state index in [2.05, 4.69) is 22.4 Å². The molecule has 0 aliphatic carbocycles. The lowest BCUT2D eigenvalue weighted by Crippen LogP contribution is -2.31. The SMILES string of the molecule is C=CCNC(=S)N/N=C\c1ccc(-c2ccc(F)cc2)o1. The van der Waals surface area contributed by atoms with Crippen molar-refractivity contribution in [2.75, 3.05) is 6.54 Å². The van der Waals surface area contributed by atoms with Crippen LogP contribution in [0.15, 0.2) is 58.6 Å². The summed E-state index contributed by atoms with van der Waals surface area (Å²) in [6, 6.07) is 9.64. The van der Waals surface area contributed by atoms with Gasteiger partial charge in [-0.25, -0.2) is 4.39 Å². The molecule has 4 nitrogen and oxygen atoms in total. The summed E-state index contributed by atoms with van der Waals surface area (Å²) in [5.74, 6) is 0.925. The van der Waals surface area contributed by atoms with Crippen LogP contribution in [0.3, 0.4) is 0 Å².